The van der Waals surface area contributed by atoms with Crippen molar-refractivity contribution >= 4 is 11.6 Å². The third kappa shape index (κ3) is 3.65. The Balaban J connectivity index is 1.62. The molecule has 1 fully saturated rings. The van der Waals surface area contributed by atoms with E-state index in [0.29, 0.717) is 5.69 Å². The molecule has 0 aliphatic heterocycles. The van der Waals surface area contributed by atoms with Gasteiger partial charge >= 0.3 is 5.97 Å². The number of nitrogens with zero attached hydrogens (tertiary/aromatic N) is 2. The predicted molar refractivity (Wildman–Crippen MR) is 105 cm³/mol. The molecule has 0 spiro atoms. The Hall–Kier alpha value is -3.09. The first-order chi connectivity index (χ1) is 13.7. The third-order valence-corrected chi connectivity index (χ3v) is 5.00. The molecule has 3 aromatic rings. The quantitative estimate of drug-likeness (QED) is 0.683. The van der Waals surface area contributed by atoms with Crippen LogP contribution in [-0.4, -0.2) is 33.3 Å². The van der Waals surface area contributed by atoms with Crippen LogP contribution < -0.4 is 10.3 Å². The van der Waals surface area contributed by atoms with Gasteiger partial charge in [0, 0.05) is 17.8 Å². The Bertz CT molecular complexity index is 1030. The van der Waals surface area contributed by atoms with Crippen molar-refractivity contribution in [2.24, 2.45) is 0 Å². The van der Waals surface area contributed by atoms with E-state index < -0.39 is 5.97 Å². The summed E-state index contributed by atoms with van der Waals surface area (Å²) >= 11 is 0. The minimum absolute atomic E-state index is 0.234. The molecule has 0 amide bonds. The Morgan fingerprint density at radius 1 is 1.21 bits per heavy atom. The lowest BCUT2D eigenvalue weighted by Gasteiger charge is -2.23. The maximum absolute atomic E-state index is 12.4. The van der Waals surface area contributed by atoms with E-state index in [1.54, 1.807) is 6.92 Å². The summed E-state index contributed by atoms with van der Waals surface area (Å²) in [5.41, 5.74) is 1.48. The van der Waals surface area contributed by atoms with E-state index in [1.165, 1.54) is 36.0 Å². The molecule has 7 nitrogen and oxygen atoms in total. The molecule has 2 heterocycles. The van der Waals surface area contributed by atoms with Crippen molar-refractivity contribution < 1.29 is 14.3 Å². The summed E-state index contributed by atoms with van der Waals surface area (Å²) in [6, 6.07) is 9.00. The number of H-pyrrole nitrogens is 1. The molecule has 4 rings (SSSR count). The number of nitrogens with one attached hydrogen (secondary N) is 1. The highest BCUT2D eigenvalue weighted by Crippen LogP contribution is 2.26. The molecule has 2 aromatic heterocycles. The summed E-state index contributed by atoms with van der Waals surface area (Å²) in [6.45, 7) is 1.98. The van der Waals surface area contributed by atoms with Crippen molar-refractivity contribution in [2.45, 2.75) is 45.1 Å². The molecule has 0 unspecified atom stereocenters. The van der Waals surface area contributed by atoms with Gasteiger partial charge in [0.2, 0.25) is 0 Å². The highest BCUT2D eigenvalue weighted by molar-refractivity contribution is 5.95. The van der Waals surface area contributed by atoms with Crippen LogP contribution in [0.25, 0.3) is 16.9 Å². The van der Waals surface area contributed by atoms with Crippen LogP contribution in [0.5, 0.6) is 5.75 Å². The third-order valence-electron chi connectivity index (χ3n) is 5.00. The summed E-state index contributed by atoms with van der Waals surface area (Å²) in [5, 5.41) is 2.75. The van der Waals surface area contributed by atoms with E-state index in [0.717, 1.165) is 24.2 Å². The molecule has 1 aromatic carbocycles. The highest BCUT2D eigenvalue weighted by atomic mass is 16.5. The summed E-state index contributed by atoms with van der Waals surface area (Å²) in [4.78, 5) is 29.0. The number of ether oxygens (including phenoxy) is 2. The first-order valence-electron chi connectivity index (χ1n) is 9.71. The highest BCUT2D eigenvalue weighted by Gasteiger charge is 2.18. The lowest BCUT2D eigenvalue weighted by molar-refractivity contribution is 0.0528. The van der Waals surface area contributed by atoms with Crippen LogP contribution in [0.15, 0.2) is 41.3 Å². The van der Waals surface area contributed by atoms with E-state index in [-0.39, 0.29) is 29.5 Å². The number of rotatable bonds is 5. The topological polar surface area (TPSA) is 85.7 Å². The minimum Gasteiger partial charge on any atom is -0.490 e. The molecule has 1 N–H and O–H groups in total. The molecule has 28 heavy (non-hydrogen) atoms. The number of aromatic amines is 1. The molecule has 1 saturated carbocycles. The molecule has 1 aliphatic carbocycles. The number of carbonyl (C=O) groups excluding carboxylic acids is 1. The van der Waals surface area contributed by atoms with Gasteiger partial charge in [0.1, 0.15) is 11.3 Å². The lowest BCUT2D eigenvalue weighted by Crippen LogP contribution is -2.19. The van der Waals surface area contributed by atoms with Crippen LogP contribution in [0.2, 0.25) is 0 Å². The zero-order chi connectivity index (χ0) is 19.5. The average molecular weight is 381 g/mol. The fraction of sp³-hybridized carbons (Fsp3) is 0.381. The normalized spacial score (nSPS) is 14.9. The van der Waals surface area contributed by atoms with Gasteiger partial charge in [-0.05, 0) is 56.9 Å². The maximum Gasteiger partial charge on any atom is 0.343 e. The average Bonchev–Trinajstić information content (AvgIpc) is 3.14. The molecular formula is C21H23N3O4. The second-order valence-corrected chi connectivity index (χ2v) is 6.95. The molecule has 146 valence electrons. The van der Waals surface area contributed by atoms with Gasteiger partial charge in [0.15, 0.2) is 5.65 Å². The van der Waals surface area contributed by atoms with Gasteiger partial charge in [-0.3, -0.25) is 9.89 Å². The van der Waals surface area contributed by atoms with Crippen molar-refractivity contribution in [3.8, 4) is 17.0 Å². The SMILES string of the molecule is CCOC(=O)c1c[nH]n2c(=O)cc(-c3ccc(OC4CCCCC4)cc3)nc12. The van der Waals surface area contributed by atoms with Gasteiger partial charge in [-0.15, -0.1) is 0 Å². The molecule has 7 heteroatoms. The van der Waals surface area contributed by atoms with E-state index in [2.05, 4.69) is 10.1 Å². The van der Waals surface area contributed by atoms with Gasteiger partial charge in [0.05, 0.1) is 18.4 Å². The van der Waals surface area contributed by atoms with Crippen LogP contribution in [0.3, 0.4) is 0 Å². The van der Waals surface area contributed by atoms with Crippen molar-refractivity contribution in [1.29, 1.82) is 0 Å². The summed E-state index contributed by atoms with van der Waals surface area (Å²) < 4.78 is 12.3. The van der Waals surface area contributed by atoms with Crippen LogP contribution in [0.1, 0.15) is 49.4 Å². The second kappa shape index (κ2) is 7.88. The largest absolute Gasteiger partial charge is 0.490 e. The minimum atomic E-state index is -0.512. The molecule has 1 aliphatic rings. The summed E-state index contributed by atoms with van der Waals surface area (Å²) in [5.74, 6) is 0.309. The van der Waals surface area contributed by atoms with Gasteiger partial charge < -0.3 is 9.47 Å². The van der Waals surface area contributed by atoms with Crippen LogP contribution in [0.4, 0.5) is 0 Å². The van der Waals surface area contributed by atoms with Crippen molar-refractivity contribution in [2.75, 3.05) is 6.61 Å². The molecule has 0 radical (unpaired) electrons. The van der Waals surface area contributed by atoms with Crippen molar-refractivity contribution in [3.05, 3.63) is 52.4 Å². The Morgan fingerprint density at radius 3 is 2.68 bits per heavy atom. The summed E-state index contributed by atoms with van der Waals surface area (Å²) in [6.07, 6.45) is 7.64. The molecule has 0 atom stereocenters. The number of fused-ring (bicyclic) bond motifs is 1. The van der Waals surface area contributed by atoms with Crippen LogP contribution in [-0.2, 0) is 4.74 Å². The van der Waals surface area contributed by atoms with Crippen LogP contribution >= 0.6 is 0 Å². The number of aromatic nitrogens is 3. The van der Waals surface area contributed by atoms with E-state index in [1.807, 2.05) is 24.3 Å². The zero-order valence-electron chi connectivity index (χ0n) is 15.8. The Morgan fingerprint density at radius 2 is 1.96 bits per heavy atom. The monoisotopic (exact) mass is 381 g/mol. The van der Waals surface area contributed by atoms with Crippen LogP contribution in [0, 0.1) is 0 Å². The van der Waals surface area contributed by atoms with Crippen molar-refractivity contribution in [3.63, 3.8) is 0 Å². The first kappa shape index (κ1) is 18.3. The van der Waals surface area contributed by atoms with E-state index in [9.17, 15) is 9.59 Å². The summed E-state index contributed by atoms with van der Waals surface area (Å²) in [7, 11) is 0. The number of hydrogen-bond acceptors (Lipinski definition) is 5. The lowest BCUT2D eigenvalue weighted by atomic mass is 9.98. The molecule has 0 bridgehead atoms. The number of benzene rings is 1. The second-order valence-electron chi connectivity index (χ2n) is 6.95. The van der Waals surface area contributed by atoms with Gasteiger partial charge in [-0.2, -0.15) is 0 Å². The van der Waals surface area contributed by atoms with Gasteiger partial charge in [-0.25, -0.2) is 14.3 Å². The Labute approximate surface area is 162 Å². The van der Waals surface area contributed by atoms with E-state index >= 15 is 0 Å². The fourth-order valence-corrected chi connectivity index (χ4v) is 3.57. The van der Waals surface area contributed by atoms with Crippen molar-refractivity contribution in [1.82, 2.24) is 14.6 Å². The van der Waals surface area contributed by atoms with Gasteiger partial charge in [-0.1, -0.05) is 6.42 Å². The van der Waals surface area contributed by atoms with E-state index in [4.69, 9.17) is 9.47 Å². The first-order valence-corrected chi connectivity index (χ1v) is 9.71. The zero-order valence-corrected chi connectivity index (χ0v) is 15.8. The fourth-order valence-electron chi connectivity index (χ4n) is 3.57. The maximum atomic E-state index is 12.4. The number of hydrogen-bond donors (Lipinski definition) is 1. The standard InChI is InChI=1S/C21H23N3O4/c1-2-27-21(26)17-13-22-24-19(25)12-18(23-20(17)24)14-8-10-16(11-9-14)28-15-6-4-3-5-7-15/h8-13,15,22H,2-7H2,1H3. The Kier molecular flexibility index (Phi) is 5.14. The molecular weight excluding hydrogens is 358 g/mol. The molecule has 0 saturated heterocycles. The smallest absolute Gasteiger partial charge is 0.343 e. The van der Waals surface area contributed by atoms with Gasteiger partial charge in [0.25, 0.3) is 5.56 Å². The number of esters is 1. The number of carbonyl (C=O) groups is 1. The predicted octanol–water partition coefficient (Wildman–Crippen LogP) is 3.58.